The van der Waals surface area contributed by atoms with E-state index < -0.39 is 0 Å². The Morgan fingerprint density at radius 3 is 2.75 bits per heavy atom. The maximum Gasteiger partial charge on any atom is 0.193 e. The Hall–Kier alpha value is -1.57. The summed E-state index contributed by atoms with van der Waals surface area (Å²) < 4.78 is 1.82. The zero-order valence-corrected chi connectivity index (χ0v) is 17.5. The number of aliphatic imine (C=N–C) groups is 1. The van der Waals surface area contributed by atoms with Gasteiger partial charge in [0.25, 0.3) is 0 Å². The van der Waals surface area contributed by atoms with Gasteiger partial charge in [0.15, 0.2) is 5.96 Å². The molecule has 0 aliphatic heterocycles. The minimum absolute atomic E-state index is 0. The molecule has 5 nitrogen and oxygen atoms in total. The van der Waals surface area contributed by atoms with E-state index in [4.69, 9.17) is 0 Å². The molecule has 0 aliphatic rings. The van der Waals surface area contributed by atoms with E-state index in [0.717, 1.165) is 19.0 Å². The number of aromatic nitrogens is 2. The highest BCUT2D eigenvalue weighted by atomic mass is 127. The fourth-order valence-corrected chi connectivity index (χ4v) is 2.63. The molecule has 6 heteroatoms. The van der Waals surface area contributed by atoms with E-state index in [2.05, 4.69) is 58.4 Å². The van der Waals surface area contributed by atoms with Crippen molar-refractivity contribution < 1.29 is 0 Å². The summed E-state index contributed by atoms with van der Waals surface area (Å²) in [6.07, 6.45) is 3.91. The number of hydrogen-bond donors (Lipinski definition) is 1. The van der Waals surface area contributed by atoms with Gasteiger partial charge in [-0.1, -0.05) is 36.8 Å². The van der Waals surface area contributed by atoms with Crippen LogP contribution in [0.3, 0.4) is 0 Å². The molecule has 0 aliphatic carbocycles. The summed E-state index contributed by atoms with van der Waals surface area (Å²) in [5.74, 6) is 1.33. The smallest absolute Gasteiger partial charge is 0.193 e. The summed E-state index contributed by atoms with van der Waals surface area (Å²) in [5, 5.41) is 7.67. The fraction of sp³-hybridized carbons (Fsp3) is 0.444. The SMILES string of the molecule is CN=C(NCC(C)c1cccc(C)c1)N(C)Cc1cnn(C)c1.I. The van der Waals surface area contributed by atoms with Gasteiger partial charge in [0, 0.05) is 46.0 Å². The molecule has 24 heavy (non-hydrogen) atoms. The first-order valence-electron chi connectivity index (χ1n) is 7.95. The van der Waals surface area contributed by atoms with Crippen molar-refractivity contribution in [1.82, 2.24) is 20.0 Å². The molecule has 1 N–H and O–H groups in total. The van der Waals surface area contributed by atoms with E-state index in [0.29, 0.717) is 5.92 Å². The maximum atomic E-state index is 4.38. The molecule has 1 aromatic carbocycles. The second kappa shape index (κ2) is 9.66. The van der Waals surface area contributed by atoms with Crippen LogP contribution in [0.15, 0.2) is 41.7 Å². The van der Waals surface area contributed by atoms with E-state index in [9.17, 15) is 0 Å². The third-order valence-electron chi connectivity index (χ3n) is 3.93. The highest BCUT2D eigenvalue weighted by molar-refractivity contribution is 14.0. The molecular weight excluding hydrogens is 413 g/mol. The molecular formula is C18H28IN5. The number of halogens is 1. The Morgan fingerprint density at radius 2 is 2.17 bits per heavy atom. The number of benzene rings is 1. The minimum Gasteiger partial charge on any atom is -0.356 e. The van der Waals surface area contributed by atoms with E-state index in [1.165, 1.54) is 16.7 Å². The van der Waals surface area contributed by atoms with Gasteiger partial charge in [-0.2, -0.15) is 5.10 Å². The first kappa shape index (κ1) is 20.5. The average Bonchev–Trinajstić information content (AvgIpc) is 2.92. The van der Waals surface area contributed by atoms with E-state index in [1.54, 1.807) is 0 Å². The molecule has 1 atom stereocenters. The Labute approximate surface area is 162 Å². The van der Waals surface area contributed by atoms with Gasteiger partial charge in [-0.05, 0) is 18.4 Å². The number of guanidine groups is 1. The van der Waals surface area contributed by atoms with Crippen molar-refractivity contribution in [2.75, 3.05) is 20.6 Å². The number of rotatable bonds is 5. The van der Waals surface area contributed by atoms with Crippen molar-refractivity contribution in [3.63, 3.8) is 0 Å². The lowest BCUT2D eigenvalue weighted by atomic mass is 9.99. The average molecular weight is 441 g/mol. The third-order valence-corrected chi connectivity index (χ3v) is 3.93. The summed E-state index contributed by atoms with van der Waals surface area (Å²) in [6, 6.07) is 8.67. The van der Waals surface area contributed by atoms with Gasteiger partial charge in [0.05, 0.1) is 6.20 Å². The monoisotopic (exact) mass is 441 g/mol. The lowest BCUT2D eigenvalue weighted by molar-refractivity contribution is 0.473. The zero-order valence-electron chi connectivity index (χ0n) is 15.2. The highest BCUT2D eigenvalue weighted by Crippen LogP contribution is 2.15. The molecule has 2 rings (SSSR count). The van der Waals surface area contributed by atoms with Gasteiger partial charge in [-0.15, -0.1) is 24.0 Å². The summed E-state index contributed by atoms with van der Waals surface area (Å²) >= 11 is 0. The van der Waals surface area contributed by atoms with Gasteiger partial charge in [0.2, 0.25) is 0 Å². The van der Waals surface area contributed by atoms with Crippen LogP contribution in [-0.4, -0.2) is 41.3 Å². The number of nitrogens with one attached hydrogen (secondary N) is 1. The van der Waals surface area contributed by atoms with Crippen molar-refractivity contribution in [2.45, 2.75) is 26.3 Å². The van der Waals surface area contributed by atoms with Crippen molar-refractivity contribution in [1.29, 1.82) is 0 Å². The van der Waals surface area contributed by atoms with E-state index in [-0.39, 0.29) is 24.0 Å². The van der Waals surface area contributed by atoms with Crippen LogP contribution in [0.2, 0.25) is 0 Å². The van der Waals surface area contributed by atoms with Crippen molar-refractivity contribution in [2.24, 2.45) is 12.0 Å². The van der Waals surface area contributed by atoms with Gasteiger partial charge < -0.3 is 10.2 Å². The largest absolute Gasteiger partial charge is 0.356 e. The highest BCUT2D eigenvalue weighted by Gasteiger charge is 2.11. The van der Waals surface area contributed by atoms with Gasteiger partial charge >= 0.3 is 0 Å². The molecule has 0 bridgehead atoms. The van der Waals surface area contributed by atoms with Crippen molar-refractivity contribution in [3.05, 3.63) is 53.3 Å². The predicted molar refractivity (Wildman–Crippen MR) is 111 cm³/mol. The van der Waals surface area contributed by atoms with Crippen LogP contribution < -0.4 is 5.32 Å². The topological polar surface area (TPSA) is 45.5 Å². The fourth-order valence-electron chi connectivity index (χ4n) is 2.63. The molecule has 0 amide bonds. The standard InChI is InChI=1S/C18H27N5.HI/c1-14-7-6-8-17(9-14)15(2)10-20-18(19-3)22(4)12-16-11-21-23(5)13-16;/h6-9,11,13,15H,10,12H2,1-5H3,(H,19,20);1H. The van der Waals surface area contributed by atoms with E-state index >= 15 is 0 Å². The molecule has 1 heterocycles. The minimum atomic E-state index is 0. The molecule has 1 aromatic heterocycles. The summed E-state index contributed by atoms with van der Waals surface area (Å²) in [4.78, 5) is 6.49. The third kappa shape index (κ3) is 5.81. The predicted octanol–water partition coefficient (Wildman–Crippen LogP) is 3.16. The van der Waals surface area contributed by atoms with Crippen molar-refractivity contribution in [3.8, 4) is 0 Å². The quantitative estimate of drug-likeness (QED) is 0.441. The Kier molecular flexibility index (Phi) is 8.24. The van der Waals surface area contributed by atoms with Gasteiger partial charge in [-0.3, -0.25) is 9.67 Å². The number of aryl methyl sites for hydroxylation is 2. The first-order chi connectivity index (χ1) is 11.0. The first-order valence-corrected chi connectivity index (χ1v) is 7.95. The Balaban J connectivity index is 0.00000288. The molecule has 2 aromatic rings. The van der Waals surface area contributed by atoms with Crippen LogP contribution in [0.1, 0.15) is 29.5 Å². The molecule has 0 spiro atoms. The molecule has 0 radical (unpaired) electrons. The molecule has 0 saturated carbocycles. The van der Waals surface area contributed by atoms with Crippen LogP contribution in [0.4, 0.5) is 0 Å². The zero-order chi connectivity index (χ0) is 16.8. The normalized spacial score (nSPS) is 12.5. The summed E-state index contributed by atoms with van der Waals surface area (Å²) in [5.41, 5.74) is 3.82. The number of hydrogen-bond acceptors (Lipinski definition) is 2. The summed E-state index contributed by atoms with van der Waals surface area (Å²) in [6.45, 7) is 6.00. The lowest BCUT2D eigenvalue weighted by Crippen LogP contribution is -2.40. The lowest BCUT2D eigenvalue weighted by Gasteiger charge is -2.23. The molecule has 0 saturated heterocycles. The second-order valence-electron chi connectivity index (χ2n) is 6.12. The van der Waals surface area contributed by atoms with Gasteiger partial charge in [-0.25, -0.2) is 0 Å². The summed E-state index contributed by atoms with van der Waals surface area (Å²) in [7, 11) is 5.79. The van der Waals surface area contributed by atoms with Crippen LogP contribution >= 0.6 is 24.0 Å². The second-order valence-corrected chi connectivity index (χ2v) is 6.12. The van der Waals surface area contributed by atoms with Gasteiger partial charge in [0.1, 0.15) is 0 Å². The molecule has 1 unspecified atom stereocenters. The van der Waals surface area contributed by atoms with Crippen molar-refractivity contribution >= 4 is 29.9 Å². The Bertz CT molecular complexity index is 665. The van der Waals surface area contributed by atoms with Crippen LogP contribution in [0.25, 0.3) is 0 Å². The van der Waals surface area contributed by atoms with Crippen LogP contribution in [0.5, 0.6) is 0 Å². The number of nitrogens with zero attached hydrogens (tertiary/aromatic N) is 4. The molecule has 132 valence electrons. The van der Waals surface area contributed by atoms with E-state index in [1.807, 2.05) is 38.2 Å². The van der Waals surface area contributed by atoms with Crippen LogP contribution in [0, 0.1) is 6.92 Å². The molecule has 0 fully saturated rings. The van der Waals surface area contributed by atoms with Crippen LogP contribution in [-0.2, 0) is 13.6 Å². The Morgan fingerprint density at radius 1 is 1.42 bits per heavy atom. The maximum absolute atomic E-state index is 4.38.